The van der Waals surface area contributed by atoms with Crippen molar-refractivity contribution in [2.24, 2.45) is 4.99 Å². The smallest absolute Gasteiger partial charge is 0.192 e. The third-order valence-electron chi connectivity index (χ3n) is 2.39. The molecule has 0 saturated carbocycles. The van der Waals surface area contributed by atoms with Gasteiger partial charge in [0.1, 0.15) is 5.75 Å². The largest absolute Gasteiger partial charge is 0.491 e. The fraction of sp³-hybridized carbons (Fsp3) is 0.438. The molecule has 0 aromatic heterocycles. The highest BCUT2D eigenvalue weighted by atomic mass is 127. The summed E-state index contributed by atoms with van der Waals surface area (Å²) in [5.41, 5.74) is 1.10. The first-order chi connectivity index (χ1) is 9.65. The summed E-state index contributed by atoms with van der Waals surface area (Å²) in [6, 6.07) is 7.97. The lowest BCUT2D eigenvalue weighted by Crippen LogP contribution is -2.37. The minimum absolute atomic E-state index is 0. The molecule has 0 aliphatic heterocycles. The number of rotatable bonds is 6. The molecular weight excluding hydrogens is 377 g/mol. The summed E-state index contributed by atoms with van der Waals surface area (Å²) in [5, 5.41) is 6.21. The maximum atomic E-state index is 5.67. The number of nitrogens with zero attached hydrogens (tertiary/aromatic N) is 1. The second-order valence-electron chi connectivity index (χ2n) is 4.57. The van der Waals surface area contributed by atoms with Crippen molar-refractivity contribution in [1.29, 1.82) is 0 Å². The van der Waals surface area contributed by atoms with E-state index in [1.807, 2.05) is 45.0 Å². The van der Waals surface area contributed by atoms with E-state index in [2.05, 4.69) is 21.5 Å². The number of aliphatic imine (C=N–C) groups is 1. The van der Waals surface area contributed by atoms with Crippen molar-refractivity contribution < 1.29 is 4.74 Å². The van der Waals surface area contributed by atoms with Gasteiger partial charge in [-0.15, -0.1) is 30.4 Å². The maximum Gasteiger partial charge on any atom is 0.192 e. The number of nitrogens with one attached hydrogen (secondary N) is 2. The quantitative estimate of drug-likeness (QED) is 0.334. The molecular formula is C16H24IN3O. The van der Waals surface area contributed by atoms with Crippen molar-refractivity contribution in [3.63, 3.8) is 0 Å². The molecule has 0 aliphatic carbocycles. The van der Waals surface area contributed by atoms with Crippen LogP contribution in [0.25, 0.3) is 0 Å². The van der Waals surface area contributed by atoms with Crippen molar-refractivity contribution in [1.82, 2.24) is 10.6 Å². The highest BCUT2D eigenvalue weighted by Crippen LogP contribution is 2.15. The van der Waals surface area contributed by atoms with E-state index in [-0.39, 0.29) is 30.1 Å². The van der Waals surface area contributed by atoms with Gasteiger partial charge < -0.3 is 15.4 Å². The predicted molar refractivity (Wildman–Crippen MR) is 99.3 cm³/mol. The Kier molecular flexibility index (Phi) is 10.5. The Balaban J connectivity index is 0.00000400. The number of hydrogen-bond donors (Lipinski definition) is 2. The van der Waals surface area contributed by atoms with Crippen molar-refractivity contribution in [3.05, 3.63) is 29.8 Å². The van der Waals surface area contributed by atoms with Gasteiger partial charge in [-0.05, 0) is 38.5 Å². The Hall–Kier alpha value is -1.42. The summed E-state index contributed by atoms with van der Waals surface area (Å²) < 4.78 is 5.67. The van der Waals surface area contributed by atoms with Crippen LogP contribution < -0.4 is 15.4 Å². The first-order valence-corrected chi connectivity index (χ1v) is 6.87. The average molecular weight is 401 g/mol. The van der Waals surface area contributed by atoms with Crippen LogP contribution in [0.3, 0.4) is 0 Å². The summed E-state index contributed by atoms with van der Waals surface area (Å²) in [5.74, 6) is 4.13. The Morgan fingerprint density at radius 1 is 1.38 bits per heavy atom. The molecule has 0 fully saturated rings. The number of terminal acetylenes is 1. The van der Waals surface area contributed by atoms with E-state index >= 15 is 0 Å². The van der Waals surface area contributed by atoms with E-state index in [4.69, 9.17) is 11.2 Å². The lowest BCUT2D eigenvalue weighted by molar-refractivity contribution is 0.242. The summed E-state index contributed by atoms with van der Waals surface area (Å²) in [6.45, 7) is 7.88. The molecule has 0 bridgehead atoms. The average Bonchev–Trinajstić information content (AvgIpc) is 2.41. The maximum absolute atomic E-state index is 5.67. The highest BCUT2D eigenvalue weighted by Gasteiger charge is 2.00. The van der Waals surface area contributed by atoms with Crippen LogP contribution in [0.5, 0.6) is 5.75 Å². The molecule has 0 radical (unpaired) electrons. The summed E-state index contributed by atoms with van der Waals surface area (Å²) in [4.78, 5) is 4.48. The van der Waals surface area contributed by atoms with Gasteiger partial charge in [0.25, 0.3) is 0 Å². The first kappa shape index (κ1) is 19.6. The zero-order valence-corrected chi connectivity index (χ0v) is 15.2. The summed E-state index contributed by atoms with van der Waals surface area (Å²) >= 11 is 0. The molecule has 0 saturated heterocycles. The highest BCUT2D eigenvalue weighted by molar-refractivity contribution is 14.0. The number of halogens is 1. The lowest BCUT2D eigenvalue weighted by Gasteiger charge is -2.11. The summed E-state index contributed by atoms with van der Waals surface area (Å²) in [7, 11) is 0. The Bertz CT molecular complexity index is 481. The van der Waals surface area contributed by atoms with Gasteiger partial charge in [0.15, 0.2) is 5.96 Å². The molecule has 2 N–H and O–H groups in total. The van der Waals surface area contributed by atoms with Crippen LogP contribution in [0.1, 0.15) is 26.3 Å². The van der Waals surface area contributed by atoms with E-state index in [9.17, 15) is 0 Å². The van der Waals surface area contributed by atoms with Gasteiger partial charge in [0.05, 0.1) is 19.2 Å². The van der Waals surface area contributed by atoms with Gasteiger partial charge in [0.2, 0.25) is 0 Å². The number of guanidine groups is 1. The minimum Gasteiger partial charge on any atom is -0.491 e. The molecule has 0 unspecified atom stereocenters. The van der Waals surface area contributed by atoms with Crippen LogP contribution in [0, 0.1) is 12.3 Å². The molecule has 21 heavy (non-hydrogen) atoms. The van der Waals surface area contributed by atoms with Crippen LogP contribution in [-0.2, 0) is 6.54 Å². The molecule has 116 valence electrons. The van der Waals surface area contributed by atoms with E-state index in [0.717, 1.165) is 23.8 Å². The van der Waals surface area contributed by atoms with Crippen molar-refractivity contribution in [3.8, 4) is 18.1 Å². The summed E-state index contributed by atoms with van der Waals surface area (Å²) in [6.07, 6.45) is 5.40. The molecule has 0 heterocycles. The van der Waals surface area contributed by atoms with Crippen LogP contribution in [-0.4, -0.2) is 25.2 Å². The zero-order chi connectivity index (χ0) is 14.8. The topological polar surface area (TPSA) is 45.7 Å². The lowest BCUT2D eigenvalue weighted by atomic mass is 10.2. The normalized spacial score (nSPS) is 10.5. The fourth-order valence-electron chi connectivity index (χ4n) is 1.64. The second kappa shape index (κ2) is 11.3. The van der Waals surface area contributed by atoms with Crippen LogP contribution in [0.15, 0.2) is 29.3 Å². The molecule has 1 aromatic carbocycles. The predicted octanol–water partition coefficient (Wildman–Crippen LogP) is 2.78. The van der Waals surface area contributed by atoms with Crippen molar-refractivity contribution in [2.45, 2.75) is 33.4 Å². The fourth-order valence-corrected chi connectivity index (χ4v) is 1.64. The Labute approximate surface area is 144 Å². The van der Waals surface area contributed by atoms with E-state index in [0.29, 0.717) is 13.1 Å². The van der Waals surface area contributed by atoms with Gasteiger partial charge >= 0.3 is 0 Å². The monoisotopic (exact) mass is 401 g/mol. The molecule has 0 amide bonds. The van der Waals surface area contributed by atoms with Gasteiger partial charge in [-0.1, -0.05) is 18.1 Å². The first-order valence-electron chi connectivity index (χ1n) is 6.87. The molecule has 1 rings (SSSR count). The standard InChI is InChI=1S/C16H23N3O.HI/c1-5-10-18-16(17-6-2)19-12-14-8-7-9-15(11-14)20-13(3)4;/h1,7-9,11,13H,6,10,12H2,2-4H3,(H2,17,18,19);1H. The van der Waals surface area contributed by atoms with Crippen LogP contribution >= 0.6 is 24.0 Å². The number of ether oxygens (including phenoxy) is 1. The number of hydrogen-bond acceptors (Lipinski definition) is 2. The Morgan fingerprint density at radius 3 is 2.76 bits per heavy atom. The Morgan fingerprint density at radius 2 is 2.14 bits per heavy atom. The van der Waals surface area contributed by atoms with Gasteiger partial charge in [-0.3, -0.25) is 0 Å². The minimum atomic E-state index is 0. The van der Waals surface area contributed by atoms with Crippen LogP contribution in [0.2, 0.25) is 0 Å². The van der Waals surface area contributed by atoms with E-state index in [1.165, 1.54) is 0 Å². The molecule has 0 spiro atoms. The van der Waals surface area contributed by atoms with E-state index in [1.54, 1.807) is 0 Å². The third-order valence-corrected chi connectivity index (χ3v) is 2.39. The second-order valence-corrected chi connectivity index (χ2v) is 4.57. The molecule has 0 atom stereocenters. The van der Waals surface area contributed by atoms with E-state index < -0.39 is 0 Å². The van der Waals surface area contributed by atoms with Crippen molar-refractivity contribution >= 4 is 29.9 Å². The van der Waals surface area contributed by atoms with Gasteiger partial charge in [-0.25, -0.2) is 4.99 Å². The zero-order valence-electron chi connectivity index (χ0n) is 12.8. The van der Waals surface area contributed by atoms with Crippen LogP contribution in [0.4, 0.5) is 0 Å². The molecule has 4 nitrogen and oxygen atoms in total. The van der Waals surface area contributed by atoms with Gasteiger partial charge in [0, 0.05) is 6.54 Å². The van der Waals surface area contributed by atoms with Crippen molar-refractivity contribution in [2.75, 3.05) is 13.1 Å². The molecule has 0 aliphatic rings. The third kappa shape index (κ3) is 8.45. The molecule has 1 aromatic rings. The van der Waals surface area contributed by atoms with Gasteiger partial charge in [-0.2, -0.15) is 0 Å². The number of benzene rings is 1. The SMILES string of the molecule is C#CCNC(=NCc1cccc(OC(C)C)c1)NCC.I. The molecule has 5 heteroatoms.